The second kappa shape index (κ2) is 4.82. The molecule has 1 fully saturated rings. The Morgan fingerprint density at radius 3 is 2.83 bits per heavy atom. The number of hydrogen-bond acceptors (Lipinski definition) is 4. The minimum Gasteiger partial charge on any atom is -0.387 e. The van der Waals surface area contributed by atoms with Crippen molar-refractivity contribution in [2.45, 2.75) is 45.6 Å². The van der Waals surface area contributed by atoms with Crippen LogP contribution in [0.25, 0.3) is 0 Å². The number of aryl methyl sites for hydroxylation is 1. The van der Waals surface area contributed by atoms with Crippen molar-refractivity contribution in [3.05, 3.63) is 10.6 Å². The lowest BCUT2D eigenvalue weighted by Gasteiger charge is -2.35. The molecule has 2 aliphatic rings. The zero-order valence-corrected chi connectivity index (χ0v) is 12.0. The third kappa shape index (κ3) is 2.16. The standard InChI is InChI=1S/C14H22N2OS/c1-9-6-7-16(8-10(9)2)14-15-13-11(17)4-3-5-12(13)18-14/h9-11,17H,3-8H2,1-2H3. The molecule has 4 heteroatoms. The lowest BCUT2D eigenvalue weighted by molar-refractivity contribution is 0.153. The topological polar surface area (TPSA) is 36.4 Å². The molecule has 18 heavy (non-hydrogen) atoms. The van der Waals surface area contributed by atoms with Crippen LogP contribution in [0, 0.1) is 11.8 Å². The van der Waals surface area contributed by atoms with Crippen molar-refractivity contribution >= 4 is 16.5 Å². The summed E-state index contributed by atoms with van der Waals surface area (Å²) in [7, 11) is 0. The molecule has 0 radical (unpaired) electrons. The van der Waals surface area contributed by atoms with E-state index in [-0.39, 0.29) is 6.10 Å². The number of thiazole rings is 1. The summed E-state index contributed by atoms with van der Waals surface area (Å²) in [6, 6.07) is 0. The first-order valence-electron chi connectivity index (χ1n) is 7.07. The second-order valence-corrected chi connectivity index (χ2v) is 6.96. The summed E-state index contributed by atoms with van der Waals surface area (Å²) in [5.41, 5.74) is 0.965. The highest BCUT2D eigenvalue weighted by molar-refractivity contribution is 7.15. The van der Waals surface area contributed by atoms with Gasteiger partial charge >= 0.3 is 0 Å². The Bertz CT molecular complexity index is 431. The molecule has 3 rings (SSSR count). The summed E-state index contributed by atoms with van der Waals surface area (Å²) in [6.07, 6.45) is 4.02. The van der Waals surface area contributed by atoms with E-state index < -0.39 is 0 Å². The van der Waals surface area contributed by atoms with Gasteiger partial charge in [-0.05, 0) is 37.5 Å². The predicted octanol–water partition coefficient (Wildman–Crippen LogP) is 3.00. The molecular formula is C14H22N2OS. The monoisotopic (exact) mass is 266 g/mol. The average Bonchev–Trinajstić information content (AvgIpc) is 2.78. The summed E-state index contributed by atoms with van der Waals surface area (Å²) in [6.45, 7) is 6.91. The van der Waals surface area contributed by atoms with Crippen LogP contribution in [0.15, 0.2) is 0 Å². The van der Waals surface area contributed by atoms with E-state index in [0.717, 1.165) is 55.0 Å². The van der Waals surface area contributed by atoms with Crippen molar-refractivity contribution in [3.63, 3.8) is 0 Å². The molecule has 0 amide bonds. The van der Waals surface area contributed by atoms with E-state index in [9.17, 15) is 5.11 Å². The third-order valence-corrected chi connectivity index (χ3v) is 5.71. The van der Waals surface area contributed by atoms with E-state index in [1.54, 1.807) is 11.3 Å². The highest BCUT2D eigenvalue weighted by Gasteiger charge is 2.28. The van der Waals surface area contributed by atoms with Gasteiger partial charge in [-0.3, -0.25) is 0 Å². The third-order valence-electron chi connectivity index (χ3n) is 4.52. The van der Waals surface area contributed by atoms with Crippen LogP contribution in [0.2, 0.25) is 0 Å². The minimum atomic E-state index is -0.320. The maximum absolute atomic E-state index is 9.99. The molecule has 1 aromatic rings. The average molecular weight is 266 g/mol. The molecule has 100 valence electrons. The first kappa shape index (κ1) is 12.4. The van der Waals surface area contributed by atoms with E-state index in [1.165, 1.54) is 11.3 Å². The summed E-state index contributed by atoms with van der Waals surface area (Å²) in [5.74, 6) is 1.56. The first-order valence-corrected chi connectivity index (χ1v) is 7.89. The Labute approximate surface area is 113 Å². The number of aromatic nitrogens is 1. The largest absolute Gasteiger partial charge is 0.387 e. The molecule has 0 spiro atoms. The van der Waals surface area contributed by atoms with E-state index >= 15 is 0 Å². The van der Waals surface area contributed by atoms with Gasteiger partial charge in [0.25, 0.3) is 0 Å². The Morgan fingerprint density at radius 2 is 2.11 bits per heavy atom. The Balaban J connectivity index is 1.81. The molecule has 1 saturated heterocycles. The summed E-state index contributed by atoms with van der Waals surface area (Å²) in [5, 5.41) is 11.1. The number of piperidine rings is 1. The fourth-order valence-corrected chi connectivity index (χ4v) is 4.15. The molecular weight excluding hydrogens is 244 g/mol. The molecule has 1 aliphatic carbocycles. The highest BCUT2D eigenvalue weighted by atomic mass is 32.1. The van der Waals surface area contributed by atoms with Gasteiger partial charge in [-0.2, -0.15) is 0 Å². The van der Waals surface area contributed by atoms with Crippen molar-refractivity contribution in [1.29, 1.82) is 0 Å². The number of aliphatic hydroxyl groups is 1. The van der Waals surface area contributed by atoms with Gasteiger partial charge < -0.3 is 10.0 Å². The van der Waals surface area contributed by atoms with Gasteiger partial charge in [0.1, 0.15) is 0 Å². The summed E-state index contributed by atoms with van der Waals surface area (Å²) >= 11 is 1.80. The van der Waals surface area contributed by atoms with Crippen LogP contribution in [0.4, 0.5) is 5.13 Å². The van der Waals surface area contributed by atoms with E-state index in [0.29, 0.717) is 0 Å². The molecule has 0 bridgehead atoms. The maximum Gasteiger partial charge on any atom is 0.185 e. The van der Waals surface area contributed by atoms with Crippen molar-refractivity contribution in [3.8, 4) is 0 Å². The predicted molar refractivity (Wildman–Crippen MR) is 75.2 cm³/mol. The van der Waals surface area contributed by atoms with E-state index in [1.807, 2.05) is 0 Å². The highest BCUT2D eigenvalue weighted by Crippen LogP contribution is 2.38. The van der Waals surface area contributed by atoms with Crippen LogP contribution in [0.3, 0.4) is 0 Å². The molecule has 0 aromatic carbocycles. The summed E-state index contributed by atoms with van der Waals surface area (Å²) in [4.78, 5) is 8.44. The van der Waals surface area contributed by atoms with Crippen LogP contribution >= 0.6 is 11.3 Å². The quantitative estimate of drug-likeness (QED) is 0.849. The molecule has 1 N–H and O–H groups in total. The minimum absolute atomic E-state index is 0.320. The Kier molecular flexibility index (Phi) is 3.32. The van der Waals surface area contributed by atoms with Gasteiger partial charge in [-0.1, -0.05) is 13.8 Å². The normalized spacial score (nSPS) is 32.4. The van der Waals surface area contributed by atoms with Gasteiger partial charge in [-0.15, -0.1) is 11.3 Å². The first-order chi connectivity index (χ1) is 8.65. The second-order valence-electron chi connectivity index (χ2n) is 5.90. The van der Waals surface area contributed by atoms with Gasteiger partial charge in [0.2, 0.25) is 0 Å². The molecule has 3 atom stereocenters. The van der Waals surface area contributed by atoms with Crippen LogP contribution in [0.1, 0.15) is 49.8 Å². The number of nitrogens with zero attached hydrogens (tertiary/aromatic N) is 2. The molecule has 3 nitrogen and oxygen atoms in total. The smallest absolute Gasteiger partial charge is 0.185 e. The summed E-state index contributed by atoms with van der Waals surface area (Å²) < 4.78 is 0. The number of anilines is 1. The molecule has 3 unspecified atom stereocenters. The number of rotatable bonds is 1. The van der Waals surface area contributed by atoms with Crippen molar-refractivity contribution in [1.82, 2.24) is 4.98 Å². The zero-order valence-electron chi connectivity index (χ0n) is 11.2. The van der Waals surface area contributed by atoms with Gasteiger partial charge in [0, 0.05) is 18.0 Å². The van der Waals surface area contributed by atoms with Crippen LogP contribution in [-0.2, 0) is 6.42 Å². The SMILES string of the molecule is CC1CCN(c2nc3c(s2)CCCC3O)CC1C. The van der Waals surface area contributed by atoms with E-state index in [4.69, 9.17) is 4.98 Å². The van der Waals surface area contributed by atoms with Crippen molar-refractivity contribution in [2.24, 2.45) is 11.8 Å². The number of hydrogen-bond donors (Lipinski definition) is 1. The van der Waals surface area contributed by atoms with Crippen LogP contribution < -0.4 is 4.90 Å². The van der Waals surface area contributed by atoms with Gasteiger partial charge in [0.15, 0.2) is 5.13 Å². The van der Waals surface area contributed by atoms with Crippen LogP contribution in [0.5, 0.6) is 0 Å². The fraction of sp³-hybridized carbons (Fsp3) is 0.786. The van der Waals surface area contributed by atoms with Crippen molar-refractivity contribution in [2.75, 3.05) is 18.0 Å². The zero-order chi connectivity index (χ0) is 12.7. The van der Waals surface area contributed by atoms with Gasteiger partial charge in [-0.25, -0.2) is 4.98 Å². The van der Waals surface area contributed by atoms with Crippen LogP contribution in [-0.4, -0.2) is 23.2 Å². The molecule has 1 aliphatic heterocycles. The van der Waals surface area contributed by atoms with Crippen molar-refractivity contribution < 1.29 is 5.11 Å². The molecule has 0 saturated carbocycles. The number of fused-ring (bicyclic) bond motifs is 1. The maximum atomic E-state index is 9.99. The van der Waals surface area contributed by atoms with Gasteiger partial charge in [0.05, 0.1) is 11.8 Å². The Hall–Kier alpha value is -0.610. The lowest BCUT2D eigenvalue weighted by atomic mass is 9.89. The number of aliphatic hydroxyl groups excluding tert-OH is 1. The lowest BCUT2D eigenvalue weighted by Crippen LogP contribution is -2.38. The molecule has 1 aromatic heterocycles. The fourth-order valence-electron chi connectivity index (χ4n) is 2.95. The van der Waals surface area contributed by atoms with E-state index in [2.05, 4.69) is 18.7 Å². The molecule has 2 heterocycles. The Morgan fingerprint density at radius 1 is 1.28 bits per heavy atom.